The molecular formula is C20H23N3O2S. The summed E-state index contributed by atoms with van der Waals surface area (Å²) >= 11 is 0. The van der Waals surface area contributed by atoms with Gasteiger partial charge in [-0.2, -0.15) is 5.26 Å². The first-order chi connectivity index (χ1) is 12.6. The predicted octanol–water partition coefficient (Wildman–Crippen LogP) is 2.68. The molecule has 1 aliphatic rings. The summed E-state index contributed by atoms with van der Waals surface area (Å²) in [5, 5.41) is 8.89. The number of nitrogens with zero attached hydrogens (tertiary/aromatic N) is 2. The fourth-order valence-electron chi connectivity index (χ4n) is 3.23. The largest absolute Gasteiger partial charge is 0.299 e. The van der Waals surface area contributed by atoms with Gasteiger partial charge in [0.25, 0.3) is 0 Å². The number of sulfonamides is 1. The molecule has 3 rings (SSSR count). The number of hydrogen-bond donors (Lipinski definition) is 1. The Kier molecular flexibility index (Phi) is 6.04. The van der Waals surface area contributed by atoms with Gasteiger partial charge < -0.3 is 0 Å². The van der Waals surface area contributed by atoms with E-state index in [4.69, 9.17) is 5.26 Å². The van der Waals surface area contributed by atoms with Crippen molar-refractivity contribution in [2.24, 2.45) is 0 Å². The second-order valence-corrected chi connectivity index (χ2v) is 8.31. The van der Waals surface area contributed by atoms with E-state index in [1.807, 2.05) is 6.07 Å². The zero-order valence-corrected chi connectivity index (χ0v) is 15.5. The van der Waals surface area contributed by atoms with Crippen LogP contribution in [0.5, 0.6) is 0 Å². The van der Waals surface area contributed by atoms with Crippen molar-refractivity contribution in [2.75, 3.05) is 19.6 Å². The number of nitrogens with one attached hydrogen (secondary N) is 1. The Morgan fingerprint density at radius 3 is 2.69 bits per heavy atom. The normalized spacial score (nSPS) is 14.6. The molecule has 136 valence electrons. The van der Waals surface area contributed by atoms with Crippen molar-refractivity contribution < 1.29 is 8.42 Å². The number of rotatable bonds is 7. The Balaban J connectivity index is 1.42. The first-order valence-corrected chi connectivity index (χ1v) is 10.4. The van der Waals surface area contributed by atoms with Crippen molar-refractivity contribution in [3.63, 3.8) is 0 Å². The van der Waals surface area contributed by atoms with Crippen LogP contribution in [-0.2, 0) is 23.0 Å². The third-order valence-corrected chi connectivity index (χ3v) is 6.14. The number of nitriles is 1. The van der Waals surface area contributed by atoms with E-state index in [-0.39, 0.29) is 4.90 Å². The Hall–Kier alpha value is -2.20. The van der Waals surface area contributed by atoms with E-state index < -0.39 is 10.0 Å². The van der Waals surface area contributed by atoms with Crippen LogP contribution in [0.2, 0.25) is 0 Å². The first kappa shape index (κ1) is 18.6. The van der Waals surface area contributed by atoms with Crippen LogP contribution in [0.1, 0.15) is 29.5 Å². The lowest BCUT2D eigenvalue weighted by molar-refractivity contribution is 0.249. The molecule has 0 aromatic heterocycles. The zero-order valence-electron chi connectivity index (χ0n) is 14.7. The standard InChI is InChI=1S/C20H23N3O2S/c21-15-17-6-5-9-20(14-17)26(24,25)22-11-3-4-12-23-13-10-18-7-1-2-8-19(18)16-23/h1-2,5-9,14,22H,3-4,10-13,16H2. The summed E-state index contributed by atoms with van der Waals surface area (Å²) in [6.07, 6.45) is 2.82. The minimum Gasteiger partial charge on any atom is -0.299 e. The predicted molar refractivity (Wildman–Crippen MR) is 101 cm³/mol. The highest BCUT2D eigenvalue weighted by Crippen LogP contribution is 2.18. The summed E-state index contributed by atoms with van der Waals surface area (Å²) in [6.45, 7) is 3.41. The minimum absolute atomic E-state index is 0.143. The summed E-state index contributed by atoms with van der Waals surface area (Å²) in [5.74, 6) is 0. The zero-order chi connectivity index (χ0) is 18.4. The van der Waals surface area contributed by atoms with Gasteiger partial charge in [-0.3, -0.25) is 4.90 Å². The van der Waals surface area contributed by atoms with Crippen LogP contribution < -0.4 is 4.72 Å². The van der Waals surface area contributed by atoms with Crippen LogP contribution in [0.4, 0.5) is 0 Å². The topological polar surface area (TPSA) is 73.2 Å². The minimum atomic E-state index is -3.55. The van der Waals surface area contributed by atoms with Crippen LogP contribution in [0, 0.1) is 11.3 Å². The molecule has 0 atom stereocenters. The lowest BCUT2D eigenvalue weighted by Crippen LogP contribution is -2.32. The summed E-state index contributed by atoms with van der Waals surface area (Å²) in [6, 6.07) is 16.6. The number of hydrogen-bond acceptors (Lipinski definition) is 4. The van der Waals surface area contributed by atoms with E-state index in [2.05, 4.69) is 33.9 Å². The SMILES string of the molecule is N#Cc1cccc(S(=O)(=O)NCCCCN2CCc3ccccc3C2)c1. The van der Waals surface area contributed by atoms with Gasteiger partial charge in [-0.05, 0) is 55.1 Å². The molecule has 0 spiro atoms. The number of benzene rings is 2. The smallest absolute Gasteiger partial charge is 0.240 e. The van der Waals surface area contributed by atoms with Gasteiger partial charge in [-0.25, -0.2) is 13.1 Å². The number of fused-ring (bicyclic) bond motifs is 1. The molecule has 0 bridgehead atoms. The van der Waals surface area contributed by atoms with Gasteiger partial charge in [0.15, 0.2) is 0 Å². The summed E-state index contributed by atoms with van der Waals surface area (Å²) < 4.78 is 27.2. The highest BCUT2D eigenvalue weighted by Gasteiger charge is 2.16. The molecule has 1 aliphatic heterocycles. The van der Waals surface area contributed by atoms with E-state index >= 15 is 0 Å². The first-order valence-electron chi connectivity index (χ1n) is 8.87. The second-order valence-electron chi connectivity index (χ2n) is 6.54. The maximum Gasteiger partial charge on any atom is 0.240 e. The van der Waals surface area contributed by atoms with E-state index in [0.29, 0.717) is 12.1 Å². The molecule has 0 unspecified atom stereocenters. The average molecular weight is 369 g/mol. The summed E-state index contributed by atoms with van der Waals surface area (Å²) in [4.78, 5) is 2.57. The lowest BCUT2D eigenvalue weighted by Gasteiger charge is -2.28. The Bertz CT molecular complexity index is 903. The highest BCUT2D eigenvalue weighted by molar-refractivity contribution is 7.89. The van der Waals surface area contributed by atoms with Crippen LogP contribution in [0.3, 0.4) is 0 Å². The van der Waals surface area contributed by atoms with Crippen molar-refractivity contribution in [1.82, 2.24) is 9.62 Å². The molecule has 26 heavy (non-hydrogen) atoms. The maximum absolute atomic E-state index is 12.3. The summed E-state index contributed by atoms with van der Waals surface area (Å²) in [5.41, 5.74) is 3.19. The molecule has 1 heterocycles. The Labute approximate surface area is 155 Å². The molecule has 1 N–H and O–H groups in total. The molecule has 6 heteroatoms. The lowest BCUT2D eigenvalue weighted by atomic mass is 10.00. The van der Waals surface area contributed by atoms with Gasteiger partial charge in [0, 0.05) is 19.6 Å². The van der Waals surface area contributed by atoms with Gasteiger partial charge in [0.05, 0.1) is 16.5 Å². The fourth-order valence-corrected chi connectivity index (χ4v) is 4.35. The molecule has 0 saturated carbocycles. The van der Waals surface area contributed by atoms with Crippen LogP contribution in [-0.4, -0.2) is 33.0 Å². The van der Waals surface area contributed by atoms with Crippen molar-refractivity contribution in [3.05, 3.63) is 65.2 Å². The van der Waals surface area contributed by atoms with E-state index in [0.717, 1.165) is 38.9 Å². The molecular weight excluding hydrogens is 346 g/mol. The Morgan fingerprint density at radius 1 is 1.08 bits per heavy atom. The van der Waals surface area contributed by atoms with Crippen molar-refractivity contribution in [3.8, 4) is 6.07 Å². The van der Waals surface area contributed by atoms with Gasteiger partial charge in [-0.1, -0.05) is 30.3 Å². The van der Waals surface area contributed by atoms with Gasteiger partial charge in [-0.15, -0.1) is 0 Å². The summed E-state index contributed by atoms with van der Waals surface area (Å²) in [7, 11) is -3.55. The Morgan fingerprint density at radius 2 is 1.88 bits per heavy atom. The molecule has 2 aromatic carbocycles. The van der Waals surface area contributed by atoms with Crippen LogP contribution >= 0.6 is 0 Å². The van der Waals surface area contributed by atoms with Gasteiger partial charge in [0.2, 0.25) is 10.0 Å². The fraction of sp³-hybridized carbons (Fsp3) is 0.350. The van der Waals surface area contributed by atoms with E-state index in [1.54, 1.807) is 12.1 Å². The highest BCUT2D eigenvalue weighted by atomic mass is 32.2. The van der Waals surface area contributed by atoms with Crippen molar-refractivity contribution >= 4 is 10.0 Å². The molecule has 0 fully saturated rings. The van der Waals surface area contributed by atoms with Crippen molar-refractivity contribution in [2.45, 2.75) is 30.7 Å². The van der Waals surface area contributed by atoms with Crippen molar-refractivity contribution in [1.29, 1.82) is 5.26 Å². The monoisotopic (exact) mass is 369 g/mol. The van der Waals surface area contributed by atoms with Gasteiger partial charge >= 0.3 is 0 Å². The molecule has 5 nitrogen and oxygen atoms in total. The molecule has 0 radical (unpaired) electrons. The third kappa shape index (κ3) is 4.70. The van der Waals surface area contributed by atoms with E-state index in [1.165, 1.54) is 23.3 Å². The molecule has 0 amide bonds. The van der Waals surface area contributed by atoms with Gasteiger partial charge in [0.1, 0.15) is 0 Å². The molecule has 0 aliphatic carbocycles. The quantitative estimate of drug-likeness (QED) is 0.762. The number of unbranched alkanes of at least 4 members (excludes halogenated alkanes) is 1. The molecule has 2 aromatic rings. The van der Waals surface area contributed by atoms with E-state index in [9.17, 15) is 8.42 Å². The molecule has 0 saturated heterocycles. The maximum atomic E-state index is 12.3. The van der Waals surface area contributed by atoms with Crippen LogP contribution in [0.15, 0.2) is 53.4 Å². The van der Waals surface area contributed by atoms with Crippen LogP contribution in [0.25, 0.3) is 0 Å². The average Bonchev–Trinajstić information content (AvgIpc) is 2.67. The second kappa shape index (κ2) is 8.45. The third-order valence-electron chi connectivity index (χ3n) is 4.68.